The molecule has 0 aliphatic heterocycles. The number of carbonyl (C=O) groups is 1. The van der Waals surface area contributed by atoms with Gasteiger partial charge in [-0.1, -0.05) is 0 Å². The molecular formula is C20H21N7OS. The predicted molar refractivity (Wildman–Crippen MR) is 114 cm³/mol. The number of aryl methyl sites for hydroxylation is 1. The van der Waals surface area contributed by atoms with Crippen molar-refractivity contribution >= 4 is 29.6 Å². The normalized spacial score (nSPS) is 11.7. The van der Waals surface area contributed by atoms with Crippen LogP contribution in [0.4, 0.5) is 0 Å². The molecule has 4 aromatic heterocycles. The Kier molecular flexibility index (Phi) is 4.75. The molecule has 4 heterocycles. The van der Waals surface area contributed by atoms with Gasteiger partial charge in [0.15, 0.2) is 5.65 Å². The zero-order valence-corrected chi connectivity index (χ0v) is 17.3. The highest BCUT2D eigenvalue weighted by molar-refractivity contribution is 7.12. The second kappa shape index (κ2) is 7.25. The topological polar surface area (TPSA) is 89.5 Å². The fourth-order valence-corrected chi connectivity index (χ4v) is 3.66. The summed E-state index contributed by atoms with van der Waals surface area (Å²) in [5, 5.41) is 13.5. The number of hydrogen-bond acceptors (Lipinski definition) is 6. The van der Waals surface area contributed by atoms with Crippen LogP contribution in [0.1, 0.15) is 23.5 Å². The summed E-state index contributed by atoms with van der Waals surface area (Å²) in [6, 6.07) is 1.86. The summed E-state index contributed by atoms with van der Waals surface area (Å²) in [4.78, 5) is 21.7. The Morgan fingerprint density at radius 2 is 2.00 bits per heavy atom. The maximum atomic E-state index is 12.5. The summed E-state index contributed by atoms with van der Waals surface area (Å²) in [6.07, 6.45) is 9.22. The number of rotatable bonds is 6. The van der Waals surface area contributed by atoms with E-state index in [-0.39, 0.29) is 5.91 Å². The smallest absolute Gasteiger partial charge is 0.261 e. The van der Waals surface area contributed by atoms with Crippen LogP contribution in [0.3, 0.4) is 0 Å². The third-order valence-corrected chi connectivity index (χ3v) is 5.57. The minimum absolute atomic E-state index is 0.124. The molecule has 4 aromatic rings. The molecule has 0 saturated heterocycles. The summed E-state index contributed by atoms with van der Waals surface area (Å²) < 4.78 is 3.49. The largest absolute Gasteiger partial charge is 0.349 e. The number of hydrogen-bond donors (Lipinski definition) is 1. The summed E-state index contributed by atoms with van der Waals surface area (Å²) in [5.74, 6) is -0.124. The predicted octanol–water partition coefficient (Wildman–Crippen LogP) is 3.07. The van der Waals surface area contributed by atoms with Gasteiger partial charge < -0.3 is 5.32 Å². The van der Waals surface area contributed by atoms with Crippen molar-refractivity contribution < 1.29 is 4.79 Å². The van der Waals surface area contributed by atoms with E-state index >= 15 is 0 Å². The first-order valence-electron chi connectivity index (χ1n) is 9.04. The van der Waals surface area contributed by atoms with Crippen LogP contribution < -0.4 is 5.32 Å². The van der Waals surface area contributed by atoms with E-state index in [1.165, 1.54) is 11.3 Å². The molecule has 0 radical (unpaired) electrons. The third-order valence-electron chi connectivity index (χ3n) is 4.64. The standard InChI is InChI=1S/C20H21N7OS/c1-20(2,21-3)12-23-19(28)17-5-13(11-29-17)16-8-25-27-10-14(6-22-18(16)27)15-7-24-26(4)9-15/h5-11H,3,12H2,1-2,4H3,(H,23,28). The number of carbonyl (C=O) groups excluding carboxylic acids is 1. The van der Waals surface area contributed by atoms with E-state index in [0.717, 1.165) is 27.9 Å². The molecule has 0 aliphatic carbocycles. The minimum Gasteiger partial charge on any atom is -0.349 e. The Morgan fingerprint density at radius 1 is 1.21 bits per heavy atom. The number of fused-ring (bicyclic) bond motifs is 1. The van der Waals surface area contributed by atoms with E-state index in [1.807, 2.05) is 50.9 Å². The maximum Gasteiger partial charge on any atom is 0.261 e. The maximum absolute atomic E-state index is 12.5. The van der Waals surface area contributed by atoms with Crippen LogP contribution in [0.25, 0.3) is 27.9 Å². The SMILES string of the molecule is C=NC(C)(C)CNC(=O)c1cc(-c2cnn3cc(-c4cnn(C)c4)cnc23)cs1. The molecule has 0 saturated carbocycles. The minimum atomic E-state index is -0.395. The fraction of sp³-hybridized carbons (Fsp3) is 0.250. The van der Waals surface area contributed by atoms with Gasteiger partial charge in [0, 0.05) is 48.9 Å². The number of thiophene rings is 1. The van der Waals surface area contributed by atoms with Crippen LogP contribution in [-0.4, -0.2) is 49.1 Å². The van der Waals surface area contributed by atoms with E-state index in [0.29, 0.717) is 11.4 Å². The van der Waals surface area contributed by atoms with Crippen LogP contribution >= 0.6 is 11.3 Å². The Balaban J connectivity index is 1.58. The lowest BCUT2D eigenvalue weighted by Gasteiger charge is -2.18. The van der Waals surface area contributed by atoms with Crippen molar-refractivity contribution in [1.29, 1.82) is 0 Å². The average molecular weight is 408 g/mol. The van der Waals surface area contributed by atoms with Crippen LogP contribution in [0.5, 0.6) is 0 Å². The van der Waals surface area contributed by atoms with Crippen LogP contribution in [-0.2, 0) is 7.05 Å². The third kappa shape index (κ3) is 3.81. The molecule has 148 valence electrons. The molecule has 0 bridgehead atoms. The summed E-state index contributed by atoms with van der Waals surface area (Å²) in [6.45, 7) is 7.83. The molecule has 4 rings (SSSR count). The van der Waals surface area contributed by atoms with Gasteiger partial charge in [0.2, 0.25) is 0 Å². The molecule has 0 aromatic carbocycles. The summed E-state index contributed by atoms with van der Waals surface area (Å²) >= 11 is 1.39. The molecule has 9 heteroatoms. The Hall–Kier alpha value is -3.33. The van der Waals surface area contributed by atoms with Gasteiger partial charge in [-0.3, -0.25) is 14.5 Å². The molecule has 8 nitrogen and oxygen atoms in total. The Labute approximate surface area is 171 Å². The molecule has 0 unspecified atom stereocenters. The number of nitrogens with one attached hydrogen (secondary N) is 1. The van der Waals surface area contributed by atoms with Crippen LogP contribution in [0.15, 0.2) is 47.4 Å². The second-order valence-corrected chi connectivity index (χ2v) is 8.34. The highest BCUT2D eigenvalue weighted by Crippen LogP contribution is 2.29. The van der Waals surface area contributed by atoms with E-state index in [9.17, 15) is 4.79 Å². The van der Waals surface area contributed by atoms with Crippen molar-refractivity contribution in [2.45, 2.75) is 19.4 Å². The van der Waals surface area contributed by atoms with Crippen molar-refractivity contribution in [1.82, 2.24) is 29.7 Å². The van der Waals surface area contributed by atoms with E-state index in [2.05, 4.69) is 32.2 Å². The molecule has 0 fully saturated rings. The first-order valence-corrected chi connectivity index (χ1v) is 9.92. The molecule has 29 heavy (non-hydrogen) atoms. The number of aromatic nitrogens is 5. The van der Waals surface area contributed by atoms with Gasteiger partial charge in [0.1, 0.15) is 0 Å². The van der Waals surface area contributed by atoms with Crippen molar-refractivity contribution in [3.63, 3.8) is 0 Å². The van der Waals surface area contributed by atoms with Crippen molar-refractivity contribution in [2.24, 2.45) is 12.0 Å². The van der Waals surface area contributed by atoms with Crippen molar-refractivity contribution in [3.05, 3.63) is 47.3 Å². The molecular weight excluding hydrogens is 386 g/mol. The lowest BCUT2D eigenvalue weighted by Crippen LogP contribution is -2.36. The van der Waals surface area contributed by atoms with Gasteiger partial charge in [0.25, 0.3) is 5.91 Å². The van der Waals surface area contributed by atoms with Gasteiger partial charge in [0.05, 0.1) is 22.8 Å². The number of amides is 1. The van der Waals surface area contributed by atoms with Gasteiger partial charge in [-0.2, -0.15) is 10.2 Å². The lowest BCUT2D eigenvalue weighted by molar-refractivity contribution is 0.0950. The average Bonchev–Trinajstić information content (AvgIpc) is 3.44. The Morgan fingerprint density at radius 3 is 2.72 bits per heavy atom. The van der Waals surface area contributed by atoms with E-state index in [4.69, 9.17) is 0 Å². The van der Waals surface area contributed by atoms with Crippen LogP contribution in [0, 0.1) is 0 Å². The van der Waals surface area contributed by atoms with Gasteiger partial charge in [-0.15, -0.1) is 11.3 Å². The molecule has 1 N–H and O–H groups in total. The highest BCUT2D eigenvalue weighted by Gasteiger charge is 2.18. The van der Waals surface area contributed by atoms with Gasteiger partial charge in [-0.25, -0.2) is 9.50 Å². The molecule has 0 aliphatic rings. The monoisotopic (exact) mass is 407 g/mol. The summed E-state index contributed by atoms with van der Waals surface area (Å²) in [5.41, 5.74) is 4.05. The number of nitrogens with zero attached hydrogens (tertiary/aromatic N) is 6. The van der Waals surface area contributed by atoms with Crippen molar-refractivity contribution in [3.8, 4) is 22.3 Å². The summed E-state index contributed by atoms with van der Waals surface area (Å²) in [7, 11) is 1.88. The molecule has 0 atom stereocenters. The second-order valence-electron chi connectivity index (χ2n) is 7.42. The first-order chi connectivity index (χ1) is 13.9. The number of aliphatic imine (C=N–C) groups is 1. The van der Waals surface area contributed by atoms with E-state index < -0.39 is 5.54 Å². The van der Waals surface area contributed by atoms with Crippen LogP contribution in [0.2, 0.25) is 0 Å². The van der Waals surface area contributed by atoms with E-state index in [1.54, 1.807) is 21.6 Å². The van der Waals surface area contributed by atoms with Gasteiger partial charge in [-0.05, 0) is 37.6 Å². The quantitative estimate of drug-likeness (QED) is 0.498. The first kappa shape index (κ1) is 19.0. The molecule has 1 amide bonds. The zero-order valence-electron chi connectivity index (χ0n) is 16.5. The lowest BCUT2D eigenvalue weighted by atomic mass is 10.1. The fourth-order valence-electron chi connectivity index (χ4n) is 2.83. The Bertz CT molecular complexity index is 1200. The van der Waals surface area contributed by atoms with Gasteiger partial charge >= 0.3 is 0 Å². The highest BCUT2D eigenvalue weighted by atomic mass is 32.1. The van der Waals surface area contributed by atoms with Crippen molar-refractivity contribution in [2.75, 3.05) is 6.54 Å². The zero-order chi connectivity index (χ0) is 20.6. The molecule has 0 spiro atoms.